The molecule has 1 aromatic rings. The first-order valence-corrected chi connectivity index (χ1v) is 7.35. The van der Waals surface area contributed by atoms with Crippen LogP contribution < -0.4 is 11.1 Å². The Labute approximate surface area is 137 Å². The van der Waals surface area contributed by atoms with E-state index >= 15 is 0 Å². The van der Waals surface area contributed by atoms with E-state index in [1.54, 1.807) is 0 Å². The number of halogens is 3. The average molecular weight is 346 g/mol. The van der Waals surface area contributed by atoms with Gasteiger partial charge in [-0.15, -0.1) is 0 Å². The zero-order valence-corrected chi connectivity index (χ0v) is 13.3. The summed E-state index contributed by atoms with van der Waals surface area (Å²) in [6, 6.07) is 3.37. The highest BCUT2D eigenvalue weighted by Crippen LogP contribution is 2.34. The molecule has 1 amide bonds. The van der Waals surface area contributed by atoms with Gasteiger partial charge in [-0.3, -0.25) is 4.79 Å². The monoisotopic (exact) mass is 346 g/mol. The zero-order valence-electron chi connectivity index (χ0n) is 12.5. The molecule has 1 aromatic carbocycles. The summed E-state index contributed by atoms with van der Waals surface area (Å²) in [5.74, 6) is -0.618. The number of hydrogen-bond donors (Lipinski definition) is 2. The van der Waals surface area contributed by atoms with Crippen molar-refractivity contribution in [1.29, 1.82) is 0 Å². The van der Waals surface area contributed by atoms with E-state index in [4.69, 9.17) is 5.73 Å². The van der Waals surface area contributed by atoms with Crippen LogP contribution in [0.5, 0.6) is 0 Å². The number of thiocarbonyl (C=S) groups is 1. The molecular formula is C14H17F3N4OS. The van der Waals surface area contributed by atoms with Gasteiger partial charge >= 0.3 is 6.18 Å². The fourth-order valence-corrected chi connectivity index (χ4v) is 2.48. The molecule has 2 rings (SSSR count). The molecule has 0 aliphatic carbocycles. The second kappa shape index (κ2) is 6.71. The van der Waals surface area contributed by atoms with Gasteiger partial charge in [0.05, 0.1) is 11.1 Å². The molecule has 0 saturated carbocycles. The number of carbonyl (C=O) groups excluding carboxylic acids is 1. The van der Waals surface area contributed by atoms with Gasteiger partial charge in [0, 0.05) is 31.9 Å². The van der Waals surface area contributed by atoms with Crippen LogP contribution in [0.25, 0.3) is 0 Å². The van der Waals surface area contributed by atoms with Crippen LogP contribution in [-0.4, -0.2) is 54.0 Å². The second-order valence-corrected chi connectivity index (χ2v) is 5.78. The Hall–Kier alpha value is -1.87. The van der Waals surface area contributed by atoms with Crippen LogP contribution >= 0.6 is 12.2 Å². The minimum atomic E-state index is -4.65. The fraction of sp³-hybridized carbons (Fsp3) is 0.429. The SMILES string of the molecule is CN1CCN(C(=O)c2ccc(NC(N)=S)cc2C(F)(F)F)CC1. The molecule has 1 aliphatic heterocycles. The third kappa shape index (κ3) is 4.32. The van der Waals surface area contributed by atoms with Crippen LogP contribution in [-0.2, 0) is 6.18 Å². The van der Waals surface area contributed by atoms with Crippen molar-refractivity contribution >= 4 is 28.9 Å². The Bertz CT molecular complexity index is 613. The summed E-state index contributed by atoms with van der Waals surface area (Å²) in [7, 11) is 1.90. The van der Waals surface area contributed by atoms with Gasteiger partial charge in [0.1, 0.15) is 0 Å². The van der Waals surface area contributed by atoms with E-state index in [1.165, 1.54) is 11.0 Å². The van der Waals surface area contributed by atoms with Gasteiger partial charge in [-0.2, -0.15) is 13.2 Å². The zero-order chi connectivity index (χ0) is 17.2. The van der Waals surface area contributed by atoms with Crippen LogP contribution in [0.2, 0.25) is 0 Å². The average Bonchev–Trinajstić information content (AvgIpc) is 2.46. The van der Waals surface area contributed by atoms with Crippen molar-refractivity contribution in [1.82, 2.24) is 9.80 Å². The lowest BCUT2D eigenvalue weighted by atomic mass is 10.0. The molecule has 126 valence electrons. The molecule has 3 N–H and O–H groups in total. The molecule has 1 heterocycles. The smallest absolute Gasteiger partial charge is 0.376 e. The Morgan fingerprint density at radius 1 is 1.26 bits per heavy atom. The van der Waals surface area contributed by atoms with Crippen molar-refractivity contribution < 1.29 is 18.0 Å². The molecule has 5 nitrogen and oxygen atoms in total. The van der Waals surface area contributed by atoms with E-state index in [0.717, 1.165) is 12.1 Å². The highest BCUT2D eigenvalue weighted by atomic mass is 32.1. The third-order valence-corrected chi connectivity index (χ3v) is 3.72. The molecule has 0 bridgehead atoms. The van der Waals surface area contributed by atoms with Crippen LogP contribution in [0.15, 0.2) is 18.2 Å². The van der Waals surface area contributed by atoms with E-state index in [1.807, 2.05) is 11.9 Å². The van der Waals surface area contributed by atoms with E-state index in [-0.39, 0.29) is 16.4 Å². The highest BCUT2D eigenvalue weighted by molar-refractivity contribution is 7.80. The second-order valence-electron chi connectivity index (χ2n) is 5.34. The van der Waals surface area contributed by atoms with Gasteiger partial charge in [-0.25, -0.2) is 0 Å². The van der Waals surface area contributed by atoms with Crippen molar-refractivity contribution in [2.24, 2.45) is 5.73 Å². The lowest BCUT2D eigenvalue weighted by Crippen LogP contribution is -2.47. The first-order valence-electron chi connectivity index (χ1n) is 6.94. The first kappa shape index (κ1) is 17.5. The summed E-state index contributed by atoms with van der Waals surface area (Å²) in [5.41, 5.74) is 4.00. The van der Waals surface area contributed by atoms with Gasteiger partial charge < -0.3 is 20.9 Å². The molecule has 9 heteroatoms. The molecule has 1 fully saturated rings. The number of anilines is 1. The van der Waals surface area contributed by atoms with Crippen molar-refractivity contribution in [2.45, 2.75) is 6.18 Å². The maximum atomic E-state index is 13.3. The number of carbonyl (C=O) groups is 1. The summed E-state index contributed by atoms with van der Waals surface area (Å²) in [5, 5.41) is 2.30. The van der Waals surface area contributed by atoms with Crippen molar-refractivity contribution in [2.75, 3.05) is 38.5 Å². The number of hydrogen-bond acceptors (Lipinski definition) is 3. The molecule has 23 heavy (non-hydrogen) atoms. The molecular weight excluding hydrogens is 329 g/mol. The predicted octanol–water partition coefficient (Wildman–Crippen LogP) is 1.75. The maximum absolute atomic E-state index is 13.3. The topological polar surface area (TPSA) is 61.6 Å². The van der Waals surface area contributed by atoms with E-state index in [9.17, 15) is 18.0 Å². The predicted molar refractivity (Wildman–Crippen MR) is 85.3 cm³/mol. The van der Waals surface area contributed by atoms with Gasteiger partial charge in [0.25, 0.3) is 5.91 Å². The summed E-state index contributed by atoms with van der Waals surface area (Å²) >= 11 is 4.62. The number of benzene rings is 1. The Morgan fingerprint density at radius 3 is 2.39 bits per heavy atom. The molecule has 0 unspecified atom stereocenters. The number of likely N-dealkylation sites (N-methyl/N-ethyl adjacent to an activating group) is 1. The molecule has 0 atom stereocenters. The number of nitrogens with two attached hydrogens (primary N) is 1. The molecule has 0 spiro atoms. The largest absolute Gasteiger partial charge is 0.417 e. The number of nitrogens with one attached hydrogen (secondary N) is 1. The van der Waals surface area contributed by atoms with Crippen molar-refractivity contribution in [3.63, 3.8) is 0 Å². The summed E-state index contributed by atoms with van der Waals surface area (Å²) in [6.07, 6.45) is -4.65. The van der Waals surface area contributed by atoms with Crippen LogP contribution in [0.4, 0.5) is 18.9 Å². The van der Waals surface area contributed by atoms with E-state index in [2.05, 4.69) is 17.5 Å². The number of piperazine rings is 1. The normalized spacial score (nSPS) is 16.3. The number of amides is 1. The minimum absolute atomic E-state index is 0.0970. The maximum Gasteiger partial charge on any atom is 0.417 e. The van der Waals surface area contributed by atoms with Crippen LogP contribution in [0.1, 0.15) is 15.9 Å². The fourth-order valence-electron chi connectivity index (χ4n) is 2.37. The lowest BCUT2D eigenvalue weighted by Gasteiger charge is -2.33. The summed E-state index contributed by atoms with van der Waals surface area (Å²) in [6.45, 7) is 2.07. The van der Waals surface area contributed by atoms with Crippen molar-refractivity contribution in [3.8, 4) is 0 Å². The van der Waals surface area contributed by atoms with Gasteiger partial charge in [-0.05, 0) is 37.5 Å². The molecule has 1 saturated heterocycles. The molecule has 0 aromatic heterocycles. The number of alkyl halides is 3. The molecule has 1 aliphatic rings. The number of rotatable bonds is 2. The van der Waals surface area contributed by atoms with Crippen molar-refractivity contribution in [3.05, 3.63) is 29.3 Å². The first-order chi connectivity index (χ1) is 10.7. The van der Waals surface area contributed by atoms with Gasteiger partial charge in [0.2, 0.25) is 0 Å². The molecule has 0 radical (unpaired) electrons. The Kier molecular flexibility index (Phi) is 5.10. The quantitative estimate of drug-likeness (QED) is 0.799. The minimum Gasteiger partial charge on any atom is -0.376 e. The lowest BCUT2D eigenvalue weighted by molar-refractivity contribution is -0.138. The van der Waals surface area contributed by atoms with E-state index < -0.39 is 17.6 Å². The number of nitrogens with zero attached hydrogens (tertiary/aromatic N) is 2. The highest BCUT2D eigenvalue weighted by Gasteiger charge is 2.37. The van der Waals surface area contributed by atoms with Gasteiger partial charge in [0.15, 0.2) is 5.11 Å². The standard InChI is InChI=1S/C14H17F3N4OS/c1-20-4-6-21(7-5-20)12(22)10-3-2-9(19-13(18)23)8-11(10)14(15,16)17/h2-3,8H,4-7H2,1H3,(H3,18,19,23). The Balaban J connectivity index is 2.33. The third-order valence-electron chi connectivity index (χ3n) is 3.61. The van der Waals surface area contributed by atoms with E-state index in [0.29, 0.717) is 26.2 Å². The van der Waals surface area contributed by atoms with Crippen LogP contribution in [0.3, 0.4) is 0 Å². The summed E-state index contributed by atoms with van der Waals surface area (Å²) < 4.78 is 39.9. The summed E-state index contributed by atoms with van der Waals surface area (Å²) in [4.78, 5) is 15.9. The van der Waals surface area contributed by atoms with Crippen LogP contribution in [0, 0.1) is 0 Å². The Morgan fingerprint density at radius 2 is 1.87 bits per heavy atom. The van der Waals surface area contributed by atoms with Gasteiger partial charge in [-0.1, -0.05) is 0 Å².